The molecule has 0 radical (unpaired) electrons. The first kappa shape index (κ1) is 56.0. The number of ether oxygens (including phenoxy) is 6. The zero-order chi connectivity index (χ0) is 49.7. The van der Waals surface area contributed by atoms with E-state index >= 15 is 0 Å². The molecule has 19 atom stereocenters. The highest BCUT2D eigenvalue weighted by Crippen LogP contribution is 2.36. The first-order chi connectivity index (χ1) is 29.8. The summed E-state index contributed by atoms with van der Waals surface area (Å²) in [6, 6.07) is -4.61. The van der Waals surface area contributed by atoms with Crippen molar-refractivity contribution < 1.29 is 150 Å². The zero-order valence-corrected chi connectivity index (χ0v) is 35.2. The van der Waals surface area contributed by atoms with Gasteiger partial charge in [0.1, 0.15) is 91.6 Å². The number of aliphatic carboxylic acids is 2. The molecule has 0 spiro atoms. The Morgan fingerprint density at radius 3 is 1.66 bits per heavy atom. The van der Waals surface area contributed by atoms with Gasteiger partial charge in [0.2, 0.25) is 11.8 Å². The van der Waals surface area contributed by atoms with Crippen LogP contribution in [0.4, 0.5) is 0 Å². The van der Waals surface area contributed by atoms with Crippen molar-refractivity contribution in [2.45, 2.75) is 130 Å². The second-order valence-corrected chi connectivity index (χ2v) is 17.0. The average molecular weight is 1020 g/mol. The van der Waals surface area contributed by atoms with Crippen molar-refractivity contribution in [1.29, 1.82) is 0 Å². The van der Waals surface area contributed by atoms with E-state index in [9.17, 15) is 109 Å². The fourth-order valence-electron chi connectivity index (χ4n) is 6.51. The number of aliphatic hydroxyl groups excluding tert-OH is 7. The summed E-state index contributed by atoms with van der Waals surface area (Å²) in [7, 11) is -17.4. The maximum atomic E-state index is 12.8. The van der Waals surface area contributed by atoms with Crippen LogP contribution >= 0.6 is 0 Å². The van der Waals surface area contributed by atoms with Gasteiger partial charge in [-0.05, 0) is 0 Å². The normalized spacial score (nSPS) is 35.5. The molecule has 0 bridgehead atoms. The van der Waals surface area contributed by atoms with Gasteiger partial charge in [0.05, 0.1) is 13.2 Å². The monoisotopic (exact) mass is 1020 g/mol. The van der Waals surface area contributed by atoms with E-state index in [0.717, 1.165) is 13.8 Å². The van der Waals surface area contributed by atoms with Crippen LogP contribution in [0.2, 0.25) is 0 Å². The van der Waals surface area contributed by atoms with Gasteiger partial charge >= 0.3 is 43.1 Å². The van der Waals surface area contributed by atoms with Crippen LogP contribution in [0.25, 0.3) is 0 Å². The van der Waals surface area contributed by atoms with E-state index in [2.05, 4.69) is 12.5 Å². The largest absolute Gasteiger partial charge is 0.479 e. The third-order valence-corrected chi connectivity index (χ3v) is 10.5. The molecule has 0 aliphatic carbocycles. The Bertz CT molecular complexity index is 2020. The number of amides is 2. The molecule has 0 unspecified atom stereocenters. The number of aldehydes is 1. The third kappa shape index (κ3) is 15.1. The summed E-state index contributed by atoms with van der Waals surface area (Å²) in [5.41, 5.74) is 0. The van der Waals surface area contributed by atoms with Gasteiger partial charge < -0.3 is 89.8 Å². The molecule has 3 fully saturated rings. The van der Waals surface area contributed by atoms with Crippen molar-refractivity contribution in [2.24, 2.45) is 0 Å². The number of carbonyl (C=O) groups excluding carboxylic acids is 3. The average Bonchev–Trinajstić information content (AvgIpc) is 3.17. The number of carboxylic acid groups (broad SMARTS) is 2. The van der Waals surface area contributed by atoms with Crippen LogP contribution in [0.3, 0.4) is 0 Å². The van der Waals surface area contributed by atoms with Crippen LogP contribution in [0.1, 0.15) is 13.8 Å². The van der Waals surface area contributed by atoms with Crippen LogP contribution in [-0.2, 0) is 96.1 Å². The summed E-state index contributed by atoms with van der Waals surface area (Å²) in [5.74, 6) is -6.60. The van der Waals surface area contributed by atoms with Crippen LogP contribution in [-0.4, -0.2) is 245 Å². The number of nitrogens with one attached hydrogen (secondary N) is 2. The molecule has 2 amide bonds. The molecule has 3 rings (SSSR count). The lowest BCUT2D eigenvalue weighted by Gasteiger charge is -2.50. The van der Waals surface area contributed by atoms with Gasteiger partial charge in [-0.1, -0.05) is 0 Å². The predicted molar refractivity (Wildman–Crippen MR) is 191 cm³/mol. The van der Waals surface area contributed by atoms with Gasteiger partial charge in [-0.2, -0.15) is 25.3 Å². The minimum absolute atomic E-state index is 0.238. The number of hydrogen-bond donors (Lipinski definition) is 14. The van der Waals surface area contributed by atoms with Crippen molar-refractivity contribution in [3.8, 4) is 0 Å². The highest BCUT2D eigenvalue weighted by molar-refractivity contribution is 7.81. The van der Waals surface area contributed by atoms with Crippen LogP contribution in [0.5, 0.6) is 0 Å². The van der Waals surface area contributed by atoms with E-state index in [1.54, 1.807) is 0 Å². The topological polar surface area (TPSA) is 538 Å². The van der Waals surface area contributed by atoms with E-state index in [0.29, 0.717) is 0 Å². The molecule has 3 saturated heterocycles. The third-order valence-electron chi connectivity index (χ3n) is 9.10. The SMILES string of the molecule is CC(=O)N[C@H]1[C@H](O[C@H]2[C@H](OS(=O)(=O)O)[C@@H](O)[C@H](O[C@@H]([C@@H](OS(=O)(=O)O)[C@H](O)CO)[C@H](C=O)NC(C)=O)O[C@@H]2C(=O)O)O[C@H](CO)[C@H](OS(=O)(=O)O)[C@@H]1O[C@@H]1O[C@H](C(=O)O)[C@@H](O)[C@H](O)[C@H]1O. The molecule has 0 aromatic heterocycles. The van der Waals surface area contributed by atoms with Crippen molar-refractivity contribution >= 4 is 61.2 Å². The molecule has 3 aliphatic rings. The van der Waals surface area contributed by atoms with E-state index in [4.69, 9.17) is 28.4 Å². The fraction of sp³-hybridized carbons (Fsp3) is 0.821. The highest BCUT2D eigenvalue weighted by atomic mass is 32.3. The molecule has 37 heteroatoms. The van der Waals surface area contributed by atoms with Gasteiger partial charge in [0.25, 0.3) is 0 Å². The van der Waals surface area contributed by atoms with Gasteiger partial charge in [-0.15, -0.1) is 0 Å². The summed E-state index contributed by atoms with van der Waals surface area (Å²) in [6.07, 6.45) is -44.6. The Hall–Kier alpha value is -3.36. The van der Waals surface area contributed by atoms with Crippen molar-refractivity contribution in [3.05, 3.63) is 0 Å². The van der Waals surface area contributed by atoms with E-state index < -0.39 is 185 Å². The van der Waals surface area contributed by atoms with Crippen molar-refractivity contribution in [3.63, 3.8) is 0 Å². The summed E-state index contributed by atoms with van der Waals surface area (Å²) in [5, 5.41) is 96.5. The van der Waals surface area contributed by atoms with Crippen molar-refractivity contribution in [2.75, 3.05) is 13.2 Å². The molecule has 0 aromatic carbocycles. The molecule has 65 heavy (non-hydrogen) atoms. The highest BCUT2D eigenvalue weighted by Gasteiger charge is 2.59. The van der Waals surface area contributed by atoms with Crippen molar-refractivity contribution in [1.82, 2.24) is 10.6 Å². The molecule has 3 heterocycles. The minimum Gasteiger partial charge on any atom is -0.479 e. The number of aliphatic hydroxyl groups is 7. The van der Waals surface area contributed by atoms with Crippen LogP contribution in [0.15, 0.2) is 0 Å². The van der Waals surface area contributed by atoms with Gasteiger partial charge in [-0.3, -0.25) is 23.2 Å². The molecule has 14 N–H and O–H groups in total. The number of carboxylic acids is 2. The summed E-state index contributed by atoms with van der Waals surface area (Å²) in [6.45, 7) is -1.44. The van der Waals surface area contributed by atoms with Crippen LogP contribution in [0, 0.1) is 0 Å². The number of hydrogen-bond acceptors (Lipinski definition) is 27. The van der Waals surface area contributed by atoms with Gasteiger partial charge in [0, 0.05) is 13.8 Å². The Morgan fingerprint density at radius 1 is 0.662 bits per heavy atom. The molecular formula is C28H44N2O32S3. The second-order valence-electron chi connectivity index (χ2n) is 13.8. The second kappa shape index (κ2) is 22.6. The molecule has 0 saturated carbocycles. The zero-order valence-electron chi connectivity index (χ0n) is 32.7. The maximum Gasteiger partial charge on any atom is 0.397 e. The van der Waals surface area contributed by atoms with Gasteiger partial charge in [-0.25, -0.2) is 22.1 Å². The summed E-state index contributed by atoms with van der Waals surface area (Å²) >= 11 is 0. The fourth-order valence-corrected chi connectivity index (χ4v) is 8.05. The summed E-state index contributed by atoms with van der Waals surface area (Å²) < 4.78 is 146. The first-order valence-corrected chi connectivity index (χ1v) is 21.9. The van der Waals surface area contributed by atoms with E-state index in [1.807, 2.05) is 10.6 Å². The molecule has 0 aromatic rings. The lowest BCUT2D eigenvalue weighted by Crippen LogP contribution is -2.71. The lowest BCUT2D eigenvalue weighted by atomic mass is 9.94. The lowest BCUT2D eigenvalue weighted by molar-refractivity contribution is -0.360. The molecular weight excluding hydrogens is 972 g/mol. The Balaban J connectivity index is 2.23. The standard InChI is InChI=1S/C28H44N2O32S3/c1-6(34)29-8(3-31)16(17(9(36)4-32)60-63(45,46)47)55-28-15(40)20(62-65(51,52)53)22(23(59-28)25(43)44)58-26-11(30-7(2)35)19(18(10(5-33)54-26)61-64(48,49)50)56-27-14(39)12(37)13(38)21(57-27)24(41)42/h3,8-23,26-28,32-33,36-40H,4-5H2,1-2H3,(H,29,34)(H,30,35)(H,41,42)(H,43,44)(H,45,46,47)(H,48,49,50)(H,51,52,53)/t8-,9+,10+,11+,12-,13-,14+,15+,16+,17-,18-,19+,20+,21-,22-,23-,26-,27+,28+/m0/s1. The number of carbonyl (C=O) groups is 5. The maximum absolute atomic E-state index is 12.8. The minimum atomic E-state index is -5.95. The van der Waals surface area contributed by atoms with E-state index in [-0.39, 0.29) is 6.29 Å². The quantitative estimate of drug-likeness (QED) is 0.0354. The predicted octanol–water partition coefficient (Wildman–Crippen LogP) is -9.95. The summed E-state index contributed by atoms with van der Waals surface area (Å²) in [4.78, 5) is 61.2. The number of rotatable bonds is 22. The Labute approximate surface area is 364 Å². The van der Waals surface area contributed by atoms with E-state index in [1.165, 1.54) is 0 Å². The first-order valence-electron chi connectivity index (χ1n) is 17.8. The smallest absolute Gasteiger partial charge is 0.397 e. The Kier molecular flexibility index (Phi) is 19.5. The van der Waals surface area contributed by atoms with Gasteiger partial charge in [0.15, 0.2) is 31.1 Å². The Morgan fingerprint density at radius 2 is 1.20 bits per heavy atom. The molecule has 34 nitrogen and oxygen atoms in total. The molecule has 376 valence electrons. The van der Waals surface area contributed by atoms with Crippen LogP contribution < -0.4 is 10.6 Å². The molecule has 3 aliphatic heterocycles.